The Morgan fingerprint density at radius 3 is 2.75 bits per heavy atom. The van der Waals surface area contributed by atoms with Crippen LogP contribution in [0, 0.1) is 13.8 Å². The van der Waals surface area contributed by atoms with Gasteiger partial charge in [-0.25, -0.2) is 19.6 Å². The van der Waals surface area contributed by atoms with Crippen molar-refractivity contribution in [3.8, 4) is 17.1 Å². The summed E-state index contributed by atoms with van der Waals surface area (Å²) in [5.74, 6) is 1.68. The van der Waals surface area contributed by atoms with Gasteiger partial charge >= 0.3 is 6.18 Å². The Morgan fingerprint density at radius 2 is 2.06 bits per heavy atom. The van der Waals surface area contributed by atoms with Gasteiger partial charge in [0.25, 0.3) is 0 Å². The molecule has 5 rings (SSSR count). The fraction of sp³-hybridized carbons (Fsp3) is 0.522. The van der Waals surface area contributed by atoms with Gasteiger partial charge in [-0.3, -0.25) is 4.79 Å². The molecule has 192 valence electrons. The zero-order valence-corrected chi connectivity index (χ0v) is 21.0. The summed E-state index contributed by atoms with van der Waals surface area (Å²) in [6.45, 7) is 7.26. The van der Waals surface area contributed by atoms with E-state index in [0.717, 1.165) is 18.4 Å². The maximum atomic E-state index is 13.7. The van der Waals surface area contributed by atoms with Gasteiger partial charge in [0.1, 0.15) is 28.9 Å². The topological polar surface area (TPSA) is 89.3 Å². The van der Waals surface area contributed by atoms with Crippen molar-refractivity contribution in [1.29, 1.82) is 0 Å². The second-order valence-corrected chi connectivity index (χ2v) is 10.0. The molecule has 0 spiro atoms. The molecule has 9 nitrogen and oxygen atoms in total. The predicted molar refractivity (Wildman–Crippen MR) is 127 cm³/mol. The first kappa shape index (κ1) is 24.5. The van der Waals surface area contributed by atoms with Crippen molar-refractivity contribution in [1.82, 2.24) is 29.6 Å². The Labute approximate surface area is 209 Å². The zero-order valence-electron chi connectivity index (χ0n) is 20.2. The summed E-state index contributed by atoms with van der Waals surface area (Å²) in [5, 5.41) is 3.79. The van der Waals surface area contributed by atoms with Crippen LogP contribution in [0.25, 0.3) is 11.3 Å². The Kier molecular flexibility index (Phi) is 6.35. The smallest absolute Gasteiger partial charge is 0.443 e. The maximum absolute atomic E-state index is 13.7. The number of hydrogen-bond acceptors (Lipinski definition) is 8. The number of thiazole rings is 1. The zero-order chi connectivity index (χ0) is 25.6. The molecule has 3 aromatic heterocycles. The molecule has 2 aliphatic rings. The number of amides is 1. The van der Waals surface area contributed by atoms with E-state index in [1.807, 2.05) is 17.9 Å². The van der Waals surface area contributed by atoms with Gasteiger partial charge in [-0.2, -0.15) is 18.3 Å². The monoisotopic (exact) mass is 521 g/mol. The molecule has 1 saturated heterocycles. The molecular weight excluding hydrogens is 495 g/mol. The van der Waals surface area contributed by atoms with Crippen LogP contribution in [0.5, 0.6) is 5.88 Å². The van der Waals surface area contributed by atoms with E-state index in [2.05, 4.69) is 20.1 Å². The second-order valence-electron chi connectivity index (χ2n) is 9.06. The van der Waals surface area contributed by atoms with E-state index in [0.29, 0.717) is 65.7 Å². The number of fused-ring (bicyclic) bond motifs is 1. The molecule has 0 saturated carbocycles. The highest BCUT2D eigenvalue weighted by atomic mass is 32.1. The third-order valence-electron chi connectivity index (χ3n) is 6.36. The highest BCUT2D eigenvalue weighted by molar-refractivity contribution is 7.16. The van der Waals surface area contributed by atoms with E-state index in [1.54, 1.807) is 23.4 Å². The number of ether oxygens (including phenoxy) is 1. The standard InChI is InChI=1S/C23H26F3N7O2S/c1-13-11-31(6-7-32(13)18(34)12-33-15(3)28-14(2)30-33)21-19(29-22(36-21)23(24,25)26)17-9-16-5-4-8-35-20(16)27-10-17/h9-10,13H,4-8,11-12H2,1-3H3/t13-/m1/s1. The number of nitrogens with zero attached hydrogens (tertiary/aromatic N) is 7. The van der Waals surface area contributed by atoms with Gasteiger partial charge in [0, 0.05) is 43.0 Å². The second kappa shape index (κ2) is 9.34. The Hall–Kier alpha value is -3.22. The van der Waals surface area contributed by atoms with Crippen LogP contribution in [0.3, 0.4) is 0 Å². The lowest BCUT2D eigenvalue weighted by Crippen LogP contribution is -2.54. The van der Waals surface area contributed by atoms with Crippen LogP contribution in [0.15, 0.2) is 12.3 Å². The number of pyridine rings is 1. The van der Waals surface area contributed by atoms with Crippen molar-refractivity contribution in [2.75, 3.05) is 31.1 Å². The quantitative estimate of drug-likeness (QED) is 0.519. The Bertz CT molecular complexity index is 1290. The summed E-state index contributed by atoms with van der Waals surface area (Å²) < 4.78 is 48.1. The van der Waals surface area contributed by atoms with E-state index in [4.69, 9.17) is 4.74 Å². The average Bonchev–Trinajstić information content (AvgIpc) is 3.42. The van der Waals surface area contributed by atoms with Crippen molar-refractivity contribution in [3.63, 3.8) is 0 Å². The lowest BCUT2D eigenvalue weighted by atomic mass is 10.1. The number of aryl methyl sites for hydroxylation is 3. The van der Waals surface area contributed by atoms with Crippen LogP contribution in [0.2, 0.25) is 0 Å². The highest BCUT2D eigenvalue weighted by Gasteiger charge is 2.38. The highest BCUT2D eigenvalue weighted by Crippen LogP contribution is 2.43. The Morgan fingerprint density at radius 1 is 1.25 bits per heavy atom. The molecule has 5 heterocycles. The lowest BCUT2D eigenvalue weighted by molar-refractivity contribution is -0.137. The molecule has 0 aromatic carbocycles. The summed E-state index contributed by atoms with van der Waals surface area (Å²) in [7, 11) is 0. The molecule has 13 heteroatoms. The molecule has 0 bridgehead atoms. The van der Waals surface area contributed by atoms with Gasteiger partial charge in [0.15, 0.2) is 0 Å². The van der Waals surface area contributed by atoms with Gasteiger partial charge in [0.05, 0.1) is 6.61 Å². The summed E-state index contributed by atoms with van der Waals surface area (Å²) in [6.07, 6.45) is -1.45. The number of rotatable bonds is 4. The predicted octanol–water partition coefficient (Wildman–Crippen LogP) is 3.49. The van der Waals surface area contributed by atoms with Crippen molar-refractivity contribution in [2.24, 2.45) is 0 Å². The first-order valence-electron chi connectivity index (χ1n) is 11.7. The van der Waals surface area contributed by atoms with Crippen molar-refractivity contribution < 1.29 is 22.7 Å². The summed E-state index contributed by atoms with van der Waals surface area (Å²) in [6, 6.07) is 1.61. The number of carbonyl (C=O) groups excluding carboxylic acids is 1. The third kappa shape index (κ3) is 4.75. The van der Waals surface area contributed by atoms with Crippen molar-refractivity contribution in [3.05, 3.63) is 34.5 Å². The van der Waals surface area contributed by atoms with E-state index in [9.17, 15) is 18.0 Å². The number of anilines is 1. The summed E-state index contributed by atoms with van der Waals surface area (Å²) >= 11 is 0.629. The van der Waals surface area contributed by atoms with Crippen LogP contribution in [-0.4, -0.2) is 67.8 Å². The molecule has 0 aliphatic carbocycles. The van der Waals surface area contributed by atoms with E-state index in [1.165, 1.54) is 6.20 Å². The largest absolute Gasteiger partial charge is 0.477 e. The van der Waals surface area contributed by atoms with Crippen molar-refractivity contribution in [2.45, 2.75) is 52.4 Å². The molecule has 1 atom stereocenters. The first-order chi connectivity index (χ1) is 17.1. The fourth-order valence-corrected chi connectivity index (χ4v) is 5.64. The van der Waals surface area contributed by atoms with Gasteiger partial charge in [0.2, 0.25) is 16.8 Å². The number of carbonyl (C=O) groups is 1. The third-order valence-corrected chi connectivity index (χ3v) is 7.52. The molecule has 0 N–H and O–H groups in total. The van der Waals surface area contributed by atoms with Crippen LogP contribution < -0.4 is 9.64 Å². The number of aromatic nitrogens is 5. The summed E-state index contributed by atoms with van der Waals surface area (Å²) in [4.78, 5) is 29.2. The molecule has 36 heavy (non-hydrogen) atoms. The van der Waals surface area contributed by atoms with E-state index in [-0.39, 0.29) is 24.2 Å². The molecule has 0 unspecified atom stereocenters. The number of hydrogen-bond donors (Lipinski definition) is 0. The van der Waals surface area contributed by atoms with Crippen LogP contribution in [0.4, 0.5) is 18.2 Å². The average molecular weight is 522 g/mol. The molecule has 1 amide bonds. The minimum Gasteiger partial charge on any atom is -0.477 e. The molecule has 2 aliphatic heterocycles. The van der Waals surface area contributed by atoms with Crippen LogP contribution in [-0.2, 0) is 23.9 Å². The van der Waals surface area contributed by atoms with E-state index >= 15 is 0 Å². The SMILES string of the molecule is Cc1nc(C)n(CC(=O)N2CCN(c3sc(C(F)(F)F)nc3-c3cnc4c(c3)CCCO4)C[C@H]2C)n1. The van der Waals surface area contributed by atoms with Crippen molar-refractivity contribution >= 4 is 22.2 Å². The Balaban J connectivity index is 1.39. The summed E-state index contributed by atoms with van der Waals surface area (Å²) in [5.41, 5.74) is 1.66. The van der Waals surface area contributed by atoms with Gasteiger partial charge in [-0.15, -0.1) is 0 Å². The number of alkyl halides is 3. The van der Waals surface area contributed by atoms with Gasteiger partial charge in [-0.05, 0) is 39.7 Å². The minimum absolute atomic E-state index is 0.0733. The molecular formula is C23H26F3N7O2S. The van der Waals surface area contributed by atoms with Gasteiger partial charge < -0.3 is 14.5 Å². The number of piperazine rings is 1. The van der Waals surface area contributed by atoms with Gasteiger partial charge in [-0.1, -0.05) is 11.3 Å². The molecule has 3 aromatic rings. The first-order valence-corrected chi connectivity index (χ1v) is 12.5. The fourth-order valence-electron chi connectivity index (χ4n) is 4.65. The normalized spacial score (nSPS) is 18.2. The molecule has 1 fully saturated rings. The minimum atomic E-state index is -4.56. The molecule has 0 radical (unpaired) electrons. The maximum Gasteiger partial charge on any atom is 0.443 e. The van der Waals surface area contributed by atoms with Crippen LogP contribution >= 0.6 is 11.3 Å². The van der Waals surface area contributed by atoms with E-state index < -0.39 is 11.2 Å². The number of halogens is 3. The van der Waals surface area contributed by atoms with Crippen LogP contribution in [0.1, 0.15) is 35.6 Å². The lowest BCUT2D eigenvalue weighted by Gasteiger charge is -2.40.